The van der Waals surface area contributed by atoms with E-state index in [4.69, 9.17) is 0 Å². The average Bonchev–Trinajstić information content (AvgIpc) is 3.04. The standard InChI is InChI=1S/C16H19N3O2/c20-15(19-8-7-14(19)10-3-1-2-4-10)11-5-6-12-13(9-11)18-16(21)17-12/h5-6,9-10,14H,1-4,7-8H2,(H2,17,18,21). The van der Waals surface area contributed by atoms with Crippen LogP contribution in [0.25, 0.3) is 11.0 Å². The summed E-state index contributed by atoms with van der Waals surface area (Å²) in [5.74, 6) is 0.792. The van der Waals surface area contributed by atoms with Crippen LogP contribution in [0.2, 0.25) is 0 Å². The number of amides is 1. The van der Waals surface area contributed by atoms with E-state index in [9.17, 15) is 9.59 Å². The van der Waals surface area contributed by atoms with Crippen LogP contribution in [0.1, 0.15) is 42.5 Å². The summed E-state index contributed by atoms with van der Waals surface area (Å²) in [6, 6.07) is 5.81. The molecule has 1 saturated carbocycles. The smallest absolute Gasteiger partial charge is 0.323 e. The van der Waals surface area contributed by atoms with Gasteiger partial charge in [-0.2, -0.15) is 0 Å². The molecule has 0 bridgehead atoms. The van der Waals surface area contributed by atoms with Gasteiger partial charge in [0, 0.05) is 18.2 Å². The third-order valence-corrected chi connectivity index (χ3v) is 5.03. The Morgan fingerprint density at radius 3 is 2.57 bits per heavy atom. The second kappa shape index (κ2) is 4.76. The van der Waals surface area contributed by atoms with E-state index < -0.39 is 0 Å². The first-order chi connectivity index (χ1) is 10.2. The van der Waals surface area contributed by atoms with E-state index in [-0.39, 0.29) is 11.6 Å². The molecule has 2 fully saturated rings. The Kier molecular flexibility index (Phi) is 2.87. The summed E-state index contributed by atoms with van der Waals surface area (Å²) < 4.78 is 0. The first-order valence-corrected chi connectivity index (χ1v) is 7.75. The monoisotopic (exact) mass is 285 g/mol. The molecule has 2 N–H and O–H groups in total. The molecular formula is C16H19N3O2. The summed E-state index contributed by atoms with van der Waals surface area (Å²) in [6.07, 6.45) is 6.27. The lowest BCUT2D eigenvalue weighted by atomic mass is 9.87. The normalized spacial score (nSPS) is 22.7. The van der Waals surface area contributed by atoms with Crippen molar-refractivity contribution < 1.29 is 4.79 Å². The minimum absolute atomic E-state index is 0.0992. The van der Waals surface area contributed by atoms with Gasteiger partial charge < -0.3 is 14.9 Å². The maximum absolute atomic E-state index is 12.7. The summed E-state index contributed by atoms with van der Waals surface area (Å²) in [7, 11) is 0. The van der Waals surface area contributed by atoms with Crippen molar-refractivity contribution in [2.75, 3.05) is 6.54 Å². The van der Waals surface area contributed by atoms with E-state index in [1.54, 1.807) is 18.2 Å². The van der Waals surface area contributed by atoms with Crippen molar-refractivity contribution in [3.05, 3.63) is 34.2 Å². The zero-order chi connectivity index (χ0) is 14.4. The molecule has 2 heterocycles. The Morgan fingerprint density at radius 1 is 1.10 bits per heavy atom. The third kappa shape index (κ3) is 2.07. The van der Waals surface area contributed by atoms with Crippen molar-refractivity contribution in [2.24, 2.45) is 5.92 Å². The molecule has 5 nitrogen and oxygen atoms in total. The maximum Gasteiger partial charge on any atom is 0.323 e. The second-order valence-corrected chi connectivity index (χ2v) is 6.24. The number of nitrogens with one attached hydrogen (secondary N) is 2. The molecule has 4 rings (SSSR count). The molecule has 1 aromatic carbocycles. The SMILES string of the molecule is O=C(c1ccc2[nH]c(=O)[nH]c2c1)N1CCC1C1CCCC1. The molecule has 1 saturated heterocycles. The van der Waals surface area contributed by atoms with Gasteiger partial charge in [-0.3, -0.25) is 4.79 Å². The molecule has 1 aromatic heterocycles. The Morgan fingerprint density at radius 2 is 1.86 bits per heavy atom. The van der Waals surface area contributed by atoms with Crippen molar-refractivity contribution >= 4 is 16.9 Å². The number of imidazole rings is 1. The van der Waals surface area contributed by atoms with Gasteiger partial charge in [0.25, 0.3) is 5.91 Å². The van der Waals surface area contributed by atoms with Crippen LogP contribution in [0.4, 0.5) is 0 Å². The first kappa shape index (κ1) is 12.7. The van der Waals surface area contributed by atoms with Gasteiger partial charge in [0.2, 0.25) is 0 Å². The molecule has 21 heavy (non-hydrogen) atoms. The Labute approximate surface area is 122 Å². The number of hydrogen-bond donors (Lipinski definition) is 2. The van der Waals surface area contributed by atoms with E-state index >= 15 is 0 Å². The minimum Gasteiger partial charge on any atom is -0.335 e. The fourth-order valence-corrected chi connectivity index (χ4v) is 3.82. The predicted molar refractivity (Wildman–Crippen MR) is 80.3 cm³/mol. The summed E-state index contributed by atoms with van der Waals surface area (Å²) in [6.45, 7) is 0.863. The number of carbonyl (C=O) groups excluding carboxylic acids is 1. The van der Waals surface area contributed by atoms with Crippen LogP contribution in [-0.4, -0.2) is 33.4 Å². The largest absolute Gasteiger partial charge is 0.335 e. The lowest BCUT2D eigenvalue weighted by molar-refractivity contribution is 0.0308. The van der Waals surface area contributed by atoms with Crippen LogP contribution in [0.15, 0.2) is 23.0 Å². The number of rotatable bonds is 2. The van der Waals surface area contributed by atoms with Crippen LogP contribution in [0, 0.1) is 5.92 Å². The van der Waals surface area contributed by atoms with Crippen molar-refractivity contribution in [3.8, 4) is 0 Å². The van der Waals surface area contributed by atoms with E-state index in [1.165, 1.54) is 25.7 Å². The number of carbonyl (C=O) groups is 1. The number of hydrogen-bond acceptors (Lipinski definition) is 2. The summed E-state index contributed by atoms with van der Waals surface area (Å²) in [5, 5.41) is 0. The zero-order valence-electron chi connectivity index (χ0n) is 11.9. The van der Waals surface area contributed by atoms with Crippen molar-refractivity contribution in [3.63, 3.8) is 0 Å². The summed E-state index contributed by atoms with van der Waals surface area (Å²) in [5.41, 5.74) is 1.87. The molecule has 0 spiro atoms. The number of likely N-dealkylation sites (tertiary alicyclic amines) is 1. The summed E-state index contributed by atoms with van der Waals surface area (Å²) in [4.78, 5) is 31.4. The molecule has 1 aliphatic carbocycles. The van der Waals surface area contributed by atoms with Crippen LogP contribution in [-0.2, 0) is 0 Å². The maximum atomic E-state index is 12.7. The quantitative estimate of drug-likeness (QED) is 0.888. The second-order valence-electron chi connectivity index (χ2n) is 6.24. The molecule has 1 unspecified atom stereocenters. The number of nitrogens with zero attached hydrogens (tertiary/aromatic N) is 1. The topological polar surface area (TPSA) is 69.0 Å². The van der Waals surface area contributed by atoms with Gasteiger partial charge in [-0.15, -0.1) is 0 Å². The van der Waals surface area contributed by atoms with Crippen LogP contribution in [0.5, 0.6) is 0 Å². The highest BCUT2D eigenvalue weighted by Gasteiger charge is 2.39. The number of H-pyrrole nitrogens is 2. The van der Waals surface area contributed by atoms with Gasteiger partial charge in [0.15, 0.2) is 0 Å². The molecule has 110 valence electrons. The van der Waals surface area contributed by atoms with Gasteiger partial charge in [0.1, 0.15) is 0 Å². The van der Waals surface area contributed by atoms with Gasteiger partial charge in [-0.05, 0) is 43.4 Å². The van der Waals surface area contributed by atoms with Crippen LogP contribution >= 0.6 is 0 Å². The number of benzene rings is 1. The zero-order valence-corrected chi connectivity index (χ0v) is 11.9. The van der Waals surface area contributed by atoms with Gasteiger partial charge in [0.05, 0.1) is 11.0 Å². The van der Waals surface area contributed by atoms with Gasteiger partial charge in [-0.1, -0.05) is 12.8 Å². The molecule has 2 aromatic rings. The van der Waals surface area contributed by atoms with Crippen LogP contribution < -0.4 is 5.69 Å². The molecule has 1 atom stereocenters. The Hall–Kier alpha value is -2.04. The Balaban J connectivity index is 1.59. The van der Waals surface area contributed by atoms with Crippen molar-refractivity contribution in [1.82, 2.24) is 14.9 Å². The number of fused-ring (bicyclic) bond motifs is 1. The minimum atomic E-state index is -0.234. The van der Waals surface area contributed by atoms with Gasteiger partial charge >= 0.3 is 5.69 Å². The number of aromatic amines is 2. The van der Waals surface area contributed by atoms with E-state index in [0.29, 0.717) is 23.0 Å². The highest BCUT2D eigenvalue weighted by Crippen LogP contribution is 2.36. The van der Waals surface area contributed by atoms with E-state index in [0.717, 1.165) is 18.5 Å². The molecule has 1 amide bonds. The van der Waals surface area contributed by atoms with Crippen molar-refractivity contribution in [1.29, 1.82) is 0 Å². The first-order valence-electron chi connectivity index (χ1n) is 7.75. The fourth-order valence-electron chi connectivity index (χ4n) is 3.82. The molecule has 5 heteroatoms. The molecule has 2 aliphatic rings. The molecule has 0 radical (unpaired) electrons. The van der Waals surface area contributed by atoms with Crippen molar-refractivity contribution in [2.45, 2.75) is 38.1 Å². The lowest BCUT2D eigenvalue weighted by Gasteiger charge is -2.44. The number of aromatic nitrogens is 2. The van der Waals surface area contributed by atoms with E-state index in [1.807, 2.05) is 4.90 Å². The fraction of sp³-hybridized carbons (Fsp3) is 0.500. The molecular weight excluding hydrogens is 266 g/mol. The Bertz CT molecular complexity index is 739. The molecule has 1 aliphatic heterocycles. The third-order valence-electron chi connectivity index (χ3n) is 5.03. The van der Waals surface area contributed by atoms with Gasteiger partial charge in [-0.25, -0.2) is 4.79 Å². The summed E-state index contributed by atoms with van der Waals surface area (Å²) >= 11 is 0. The van der Waals surface area contributed by atoms with Crippen LogP contribution in [0.3, 0.4) is 0 Å². The highest BCUT2D eigenvalue weighted by molar-refractivity contribution is 5.97. The van der Waals surface area contributed by atoms with E-state index in [2.05, 4.69) is 9.97 Å². The lowest BCUT2D eigenvalue weighted by Crippen LogP contribution is -2.54. The predicted octanol–water partition coefficient (Wildman–Crippen LogP) is 2.26. The average molecular weight is 285 g/mol. The highest BCUT2D eigenvalue weighted by atomic mass is 16.2.